The molecule has 1 aliphatic heterocycles. The van der Waals surface area contributed by atoms with Crippen LogP contribution < -0.4 is 10.6 Å². The van der Waals surface area contributed by atoms with Crippen LogP contribution >= 0.6 is 0 Å². The van der Waals surface area contributed by atoms with Gasteiger partial charge in [-0.2, -0.15) is 5.10 Å². The molecule has 120 valence electrons. The van der Waals surface area contributed by atoms with E-state index in [2.05, 4.69) is 20.7 Å². The zero-order valence-electron chi connectivity index (χ0n) is 13.2. The van der Waals surface area contributed by atoms with Crippen molar-refractivity contribution in [2.45, 2.75) is 19.4 Å². The van der Waals surface area contributed by atoms with Crippen LogP contribution in [0.3, 0.4) is 0 Å². The third kappa shape index (κ3) is 2.62. The van der Waals surface area contributed by atoms with Crippen LogP contribution in [-0.2, 0) is 4.79 Å². The third-order valence-corrected chi connectivity index (χ3v) is 4.02. The van der Waals surface area contributed by atoms with E-state index in [1.54, 1.807) is 17.1 Å². The minimum atomic E-state index is 0.0250. The number of hydrogen-bond acceptors (Lipinski definition) is 4. The zero-order chi connectivity index (χ0) is 16.5. The average Bonchev–Trinajstić information content (AvgIpc) is 3.01. The lowest BCUT2D eigenvalue weighted by Gasteiger charge is -2.15. The van der Waals surface area contributed by atoms with Gasteiger partial charge in [0.05, 0.1) is 29.5 Å². The predicted molar refractivity (Wildman–Crippen MR) is 93.1 cm³/mol. The summed E-state index contributed by atoms with van der Waals surface area (Å²) < 4.78 is 1.79. The Bertz CT molecular complexity index is 887. The average molecular weight is 319 g/mol. The van der Waals surface area contributed by atoms with Gasteiger partial charge in [0.1, 0.15) is 0 Å². The second-order valence-corrected chi connectivity index (χ2v) is 5.91. The lowest BCUT2D eigenvalue weighted by atomic mass is 10.1. The number of carbonyl (C=O) groups is 1. The molecule has 1 amide bonds. The van der Waals surface area contributed by atoms with Crippen LogP contribution in [0.25, 0.3) is 16.8 Å². The zero-order valence-corrected chi connectivity index (χ0v) is 13.2. The maximum absolute atomic E-state index is 11.9. The fraction of sp³-hybridized carbons (Fsp3) is 0.167. The molecule has 0 saturated carbocycles. The van der Waals surface area contributed by atoms with E-state index in [0.717, 1.165) is 28.2 Å². The second-order valence-electron chi connectivity index (χ2n) is 5.91. The normalized spacial score (nSPS) is 16.7. The molecule has 0 aliphatic carbocycles. The highest BCUT2D eigenvalue weighted by atomic mass is 16.1. The summed E-state index contributed by atoms with van der Waals surface area (Å²) in [6.07, 6.45) is 7.73. The van der Waals surface area contributed by atoms with Crippen LogP contribution in [0.5, 0.6) is 0 Å². The smallest absolute Gasteiger partial charge is 0.226 e. The van der Waals surface area contributed by atoms with Crippen LogP contribution in [0, 0.1) is 0 Å². The van der Waals surface area contributed by atoms with Gasteiger partial charge in [-0.1, -0.05) is 12.1 Å². The molecule has 2 N–H and O–H groups in total. The molecule has 6 heteroatoms. The maximum atomic E-state index is 11.9. The lowest BCUT2D eigenvalue weighted by Crippen LogP contribution is -2.19. The first-order valence-corrected chi connectivity index (χ1v) is 7.85. The standard InChI is InChI=1S/C18H17N5O/c1-12-8-17(24)22-16-6-2-5-15(18(16)21-12)13-9-20-23(11-13)14-4-3-7-19-10-14/h2-7,9-12,21H,8H2,1H3,(H,22,24)/t12-/m1/s1. The molecule has 3 aromatic rings. The van der Waals surface area contributed by atoms with Gasteiger partial charge < -0.3 is 10.6 Å². The van der Waals surface area contributed by atoms with E-state index >= 15 is 0 Å². The first-order chi connectivity index (χ1) is 11.7. The fourth-order valence-electron chi connectivity index (χ4n) is 2.92. The van der Waals surface area contributed by atoms with Gasteiger partial charge in [-0.3, -0.25) is 9.78 Å². The summed E-state index contributed by atoms with van der Waals surface area (Å²) in [6, 6.07) is 9.78. The molecule has 0 unspecified atom stereocenters. The maximum Gasteiger partial charge on any atom is 0.226 e. The van der Waals surface area contributed by atoms with E-state index in [0.29, 0.717) is 6.42 Å². The highest BCUT2D eigenvalue weighted by molar-refractivity contribution is 6.00. The minimum Gasteiger partial charge on any atom is -0.380 e. The van der Waals surface area contributed by atoms with Crippen LogP contribution in [0.1, 0.15) is 13.3 Å². The number of hydrogen-bond donors (Lipinski definition) is 2. The molecule has 4 rings (SSSR count). The minimum absolute atomic E-state index is 0.0250. The van der Waals surface area contributed by atoms with E-state index in [4.69, 9.17) is 0 Å². The first-order valence-electron chi connectivity index (χ1n) is 7.85. The van der Waals surface area contributed by atoms with Crippen LogP contribution in [0.4, 0.5) is 11.4 Å². The van der Waals surface area contributed by atoms with E-state index < -0.39 is 0 Å². The number of nitrogens with zero attached hydrogens (tertiary/aromatic N) is 3. The van der Waals surface area contributed by atoms with Crippen molar-refractivity contribution in [1.29, 1.82) is 0 Å². The molecule has 2 aromatic heterocycles. The topological polar surface area (TPSA) is 71.8 Å². The van der Waals surface area contributed by atoms with Gasteiger partial charge >= 0.3 is 0 Å². The van der Waals surface area contributed by atoms with Crippen molar-refractivity contribution < 1.29 is 4.79 Å². The van der Waals surface area contributed by atoms with E-state index in [9.17, 15) is 4.79 Å². The summed E-state index contributed by atoms with van der Waals surface area (Å²) in [6.45, 7) is 2.00. The summed E-state index contributed by atoms with van der Waals surface area (Å²) in [4.78, 5) is 16.0. The number of amides is 1. The third-order valence-electron chi connectivity index (χ3n) is 4.02. The summed E-state index contributed by atoms with van der Waals surface area (Å²) in [7, 11) is 0. The van der Waals surface area contributed by atoms with E-state index in [1.807, 2.05) is 49.6 Å². The van der Waals surface area contributed by atoms with Crippen molar-refractivity contribution in [3.8, 4) is 16.8 Å². The SMILES string of the molecule is C[C@@H]1CC(=O)Nc2cccc(-c3cnn(-c4cccnc4)c3)c2N1. The number of nitrogens with one attached hydrogen (secondary N) is 2. The molecule has 24 heavy (non-hydrogen) atoms. The number of aromatic nitrogens is 3. The van der Waals surface area contributed by atoms with E-state index in [1.165, 1.54) is 0 Å². The number of rotatable bonds is 2. The van der Waals surface area contributed by atoms with Gasteiger partial charge in [0.15, 0.2) is 0 Å². The Kier molecular flexibility index (Phi) is 3.49. The molecule has 0 radical (unpaired) electrons. The Morgan fingerprint density at radius 2 is 2.12 bits per heavy atom. The Morgan fingerprint density at radius 3 is 2.96 bits per heavy atom. The van der Waals surface area contributed by atoms with Crippen molar-refractivity contribution in [3.63, 3.8) is 0 Å². The molecule has 3 heterocycles. The molecule has 1 atom stereocenters. The van der Waals surface area contributed by atoms with Crippen LogP contribution in [-0.4, -0.2) is 26.7 Å². The first kappa shape index (κ1) is 14.4. The largest absolute Gasteiger partial charge is 0.380 e. The quantitative estimate of drug-likeness (QED) is 0.761. The molecule has 6 nitrogen and oxygen atoms in total. The van der Waals surface area contributed by atoms with Crippen molar-refractivity contribution in [2.75, 3.05) is 10.6 Å². The lowest BCUT2D eigenvalue weighted by molar-refractivity contribution is -0.116. The van der Waals surface area contributed by atoms with Gasteiger partial charge in [-0.05, 0) is 25.1 Å². The molecule has 0 fully saturated rings. The van der Waals surface area contributed by atoms with Gasteiger partial charge in [-0.25, -0.2) is 4.68 Å². The summed E-state index contributed by atoms with van der Waals surface area (Å²) in [5.74, 6) is 0.0250. The van der Waals surface area contributed by atoms with Gasteiger partial charge in [-0.15, -0.1) is 0 Å². The molecule has 0 spiro atoms. The van der Waals surface area contributed by atoms with Gasteiger partial charge in [0.25, 0.3) is 0 Å². The number of anilines is 2. The highest BCUT2D eigenvalue weighted by Gasteiger charge is 2.20. The Balaban J connectivity index is 1.77. The van der Waals surface area contributed by atoms with Crippen molar-refractivity contribution >= 4 is 17.3 Å². The summed E-state index contributed by atoms with van der Waals surface area (Å²) in [5.41, 5.74) is 4.63. The van der Waals surface area contributed by atoms with Crippen molar-refractivity contribution in [3.05, 3.63) is 55.1 Å². The van der Waals surface area contributed by atoms with Crippen LogP contribution in [0.15, 0.2) is 55.1 Å². The van der Waals surface area contributed by atoms with Crippen LogP contribution in [0.2, 0.25) is 0 Å². The molecule has 0 saturated heterocycles. The molecular weight excluding hydrogens is 302 g/mol. The highest BCUT2D eigenvalue weighted by Crippen LogP contribution is 2.36. The fourth-order valence-corrected chi connectivity index (χ4v) is 2.92. The Morgan fingerprint density at radius 1 is 1.21 bits per heavy atom. The summed E-state index contributed by atoms with van der Waals surface area (Å²) >= 11 is 0. The molecule has 1 aromatic carbocycles. The molecule has 0 bridgehead atoms. The van der Waals surface area contributed by atoms with Crippen molar-refractivity contribution in [1.82, 2.24) is 14.8 Å². The number of fused-ring (bicyclic) bond motifs is 1. The van der Waals surface area contributed by atoms with Crippen molar-refractivity contribution in [2.24, 2.45) is 0 Å². The number of benzene rings is 1. The monoisotopic (exact) mass is 319 g/mol. The number of carbonyl (C=O) groups excluding carboxylic acids is 1. The Labute approximate surface area is 139 Å². The van der Waals surface area contributed by atoms with E-state index in [-0.39, 0.29) is 11.9 Å². The predicted octanol–water partition coefficient (Wildman–Crippen LogP) is 3.08. The number of para-hydroxylation sites is 1. The molecule has 1 aliphatic rings. The number of pyridine rings is 1. The Hall–Kier alpha value is -3.15. The second kappa shape index (κ2) is 5.81. The van der Waals surface area contributed by atoms with Gasteiger partial charge in [0.2, 0.25) is 5.91 Å². The van der Waals surface area contributed by atoms with Gasteiger partial charge in [0, 0.05) is 36.0 Å². The molecular formula is C18H17N5O. The summed E-state index contributed by atoms with van der Waals surface area (Å²) in [5, 5.41) is 10.8.